The Kier molecular flexibility index (Phi) is 5.39. The van der Waals surface area contributed by atoms with Crippen LogP contribution in [-0.4, -0.2) is 9.55 Å². The highest BCUT2D eigenvalue weighted by atomic mass is 31.2. The highest BCUT2D eigenvalue weighted by Crippen LogP contribution is 2.51. The van der Waals surface area contributed by atoms with Gasteiger partial charge in [0.2, 0.25) is 0 Å². The Bertz CT molecular complexity index is 2420. The maximum Gasteiger partial charge on any atom is 0.175 e. The maximum atomic E-state index is 15.8. The molecular weight excluding hydrogens is 555 g/mol. The van der Waals surface area contributed by atoms with Gasteiger partial charge < -0.3 is 4.57 Å². The Morgan fingerprint density at radius 3 is 1.75 bits per heavy atom. The lowest BCUT2D eigenvalue weighted by atomic mass is 9.86. The predicted molar refractivity (Wildman–Crippen MR) is 185 cm³/mol. The molecule has 1 unspecified atom stereocenters. The molecule has 8 aromatic rings. The summed E-state index contributed by atoms with van der Waals surface area (Å²) < 4.78 is 18.0. The van der Waals surface area contributed by atoms with Gasteiger partial charge in [0.25, 0.3) is 0 Å². The Balaban J connectivity index is 1.41. The van der Waals surface area contributed by atoms with E-state index in [4.69, 9.17) is 4.98 Å². The van der Waals surface area contributed by atoms with E-state index in [1.54, 1.807) is 0 Å². The number of fused-ring (bicyclic) bond motifs is 4. The summed E-state index contributed by atoms with van der Waals surface area (Å²) in [6.45, 7) is 2.03. The van der Waals surface area contributed by atoms with Crippen LogP contribution in [0.5, 0.6) is 0 Å². The summed E-state index contributed by atoms with van der Waals surface area (Å²) in [5.74, 6) is 0.892. The second kappa shape index (κ2) is 9.38. The molecule has 208 valence electrons. The molecule has 1 aliphatic rings. The quantitative estimate of drug-likeness (QED) is 0.154. The topological polar surface area (TPSA) is 34.9 Å². The number of aryl methyl sites for hydroxylation is 1. The van der Waals surface area contributed by atoms with Gasteiger partial charge in [-0.1, -0.05) is 121 Å². The van der Waals surface area contributed by atoms with Crippen LogP contribution < -0.4 is 15.9 Å². The number of para-hydroxylation sites is 1. The summed E-state index contributed by atoms with van der Waals surface area (Å²) in [6, 6.07) is 50.6. The van der Waals surface area contributed by atoms with Crippen LogP contribution in [0.3, 0.4) is 0 Å². The van der Waals surface area contributed by atoms with Crippen molar-refractivity contribution in [1.29, 1.82) is 0 Å². The van der Waals surface area contributed by atoms with Crippen molar-refractivity contribution in [2.45, 2.75) is 6.92 Å². The van der Waals surface area contributed by atoms with E-state index in [-0.39, 0.29) is 0 Å². The van der Waals surface area contributed by atoms with Crippen molar-refractivity contribution in [2.24, 2.45) is 0 Å². The van der Waals surface area contributed by atoms with Crippen LogP contribution in [0.2, 0.25) is 0 Å². The Hall–Kier alpha value is -5.24. The first-order valence-corrected chi connectivity index (χ1v) is 16.6. The first-order valence-electron chi connectivity index (χ1n) is 14.9. The highest BCUT2D eigenvalue weighted by Gasteiger charge is 2.39. The smallest absolute Gasteiger partial charge is 0.175 e. The molecule has 3 nitrogen and oxygen atoms in total. The summed E-state index contributed by atoms with van der Waals surface area (Å²) in [4.78, 5) is 4.89. The summed E-state index contributed by atoms with van der Waals surface area (Å²) in [7, 11) is -3.24. The summed E-state index contributed by atoms with van der Waals surface area (Å²) in [5.41, 5.74) is 7.40. The zero-order chi connectivity index (χ0) is 29.4. The molecule has 0 bridgehead atoms. The molecule has 2 heterocycles. The van der Waals surface area contributed by atoms with Gasteiger partial charge in [-0.2, -0.15) is 0 Å². The van der Waals surface area contributed by atoms with Crippen molar-refractivity contribution in [3.8, 4) is 27.9 Å². The summed E-state index contributed by atoms with van der Waals surface area (Å²) in [5, 5.41) is 7.30. The number of imidazole rings is 1. The van der Waals surface area contributed by atoms with E-state index in [0.717, 1.165) is 49.6 Å². The summed E-state index contributed by atoms with van der Waals surface area (Å²) >= 11 is 0. The van der Waals surface area contributed by atoms with E-state index in [0.29, 0.717) is 0 Å². The van der Waals surface area contributed by atoms with Gasteiger partial charge in [-0.15, -0.1) is 0 Å². The number of hydrogen-bond donors (Lipinski definition) is 0. The van der Waals surface area contributed by atoms with Crippen molar-refractivity contribution in [1.82, 2.24) is 9.55 Å². The van der Waals surface area contributed by atoms with E-state index in [2.05, 4.69) is 102 Å². The zero-order valence-corrected chi connectivity index (χ0v) is 25.0. The van der Waals surface area contributed by atoms with E-state index >= 15 is 4.57 Å². The van der Waals surface area contributed by atoms with Crippen molar-refractivity contribution < 1.29 is 4.57 Å². The SMILES string of the molecule is Cc1nc2cccc3c2n1-c1ccc(-c2c4ccccc4c(-c4ccccc4)c4ccccc24)cc1P3(=O)c1ccccc1. The van der Waals surface area contributed by atoms with Crippen LogP contribution in [0, 0.1) is 6.92 Å². The monoisotopic (exact) mass is 582 g/mol. The number of benzene rings is 7. The molecule has 4 heteroatoms. The average molecular weight is 583 g/mol. The average Bonchev–Trinajstić information content (AvgIpc) is 3.42. The molecular formula is C40H27N2OP. The van der Waals surface area contributed by atoms with Crippen LogP contribution >= 0.6 is 7.14 Å². The lowest BCUT2D eigenvalue weighted by Gasteiger charge is -2.29. The molecule has 1 atom stereocenters. The van der Waals surface area contributed by atoms with E-state index < -0.39 is 7.14 Å². The van der Waals surface area contributed by atoms with Gasteiger partial charge in [0, 0.05) is 15.9 Å². The fourth-order valence-corrected chi connectivity index (χ4v) is 10.3. The van der Waals surface area contributed by atoms with E-state index in [1.165, 1.54) is 32.7 Å². The first-order chi connectivity index (χ1) is 21.6. The fraction of sp³-hybridized carbons (Fsp3) is 0.0250. The van der Waals surface area contributed by atoms with Gasteiger partial charge in [0.1, 0.15) is 5.82 Å². The van der Waals surface area contributed by atoms with Crippen molar-refractivity contribution in [3.63, 3.8) is 0 Å². The van der Waals surface area contributed by atoms with Crippen LogP contribution in [0.15, 0.2) is 146 Å². The Morgan fingerprint density at radius 1 is 0.545 bits per heavy atom. The zero-order valence-electron chi connectivity index (χ0n) is 24.1. The van der Waals surface area contributed by atoms with Gasteiger partial charge in [-0.05, 0) is 75.0 Å². The highest BCUT2D eigenvalue weighted by molar-refractivity contribution is 7.86. The summed E-state index contributed by atoms with van der Waals surface area (Å²) in [6.07, 6.45) is 0. The third-order valence-corrected chi connectivity index (χ3v) is 12.2. The second-order valence-corrected chi connectivity index (χ2v) is 14.2. The molecule has 0 saturated carbocycles. The molecule has 0 N–H and O–H groups in total. The molecule has 0 aliphatic carbocycles. The van der Waals surface area contributed by atoms with Gasteiger partial charge in [0.15, 0.2) is 7.14 Å². The molecule has 9 rings (SSSR count). The standard InChI is InChI=1S/C40H27N2OP/c1-26-41-34-21-12-22-36-40(34)42(26)35-24-23-28(25-37(35)44(36,43)29-15-6-3-7-16-29)39-32-19-10-8-17-30(32)38(27-13-4-2-5-14-27)31-18-9-11-20-33(31)39/h2-25H,1H3. The Labute approximate surface area is 255 Å². The number of nitrogens with zero attached hydrogens (tertiary/aromatic N) is 2. The predicted octanol–water partition coefficient (Wildman–Crippen LogP) is 8.93. The Morgan fingerprint density at radius 2 is 1.11 bits per heavy atom. The molecule has 0 amide bonds. The molecule has 0 saturated heterocycles. The lowest BCUT2D eigenvalue weighted by Crippen LogP contribution is -2.33. The normalized spacial score (nSPS) is 15.6. The third-order valence-electron chi connectivity index (χ3n) is 9.12. The number of aromatic nitrogens is 2. The molecule has 0 fully saturated rings. The molecule has 7 aromatic carbocycles. The molecule has 0 radical (unpaired) electrons. The van der Waals surface area contributed by atoms with Crippen LogP contribution in [-0.2, 0) is 4.57 Å². The molecule has 0 spiro atoms. The van der Waals surface area contributed by atoms with Gasteiger partial charge in [-0.25, -0.2) is 4.98 Å². The lowest BCUT2D eigenvalue weighted by molar-refractivity contribution is 0.592. The van der Waals surface area contributed by atoms with Crippen LogP contribution in [0.4, 0.5) is 0 Å². The van der Waals surface area contributed by atoms with E-state index in [1.807, 2.05) is 55.5 Å². The minimum absolute atomic E-state index is 0.838. The fourth-order valence-electron chi connectivity index (χ4n) is 7.30. The second-order valence-electron chi connectivity index (χ2n) is 11.5. The van der Waals surface area contributed by atoms with E-state index in [9.17, 15) is 0 Å². The largest absolute Gasteiger partial charge is 0.308 e. The van der Waals surface area contributed by atoms with Gasteiger partial charge >= 0.3 is 0 Å². The van der Waals surface area contributed by atoms with Crippen molar-refractivity contribution in [3.05, 3.63) is 151 Å². The third kappa shape index (κ3) is 3.39. The minimum Gasteiger partial charge on any atom is -0.308 e. The van der Waals surface area contributed by atoms with Crippen LogP contribution in [0.25, 0.3) is 60.5 Å². The van der Waals surface area contributed by atoms with Crippen molar-refractivity contribution in [2.75, 3.05) is 0 Å². The molecule has 1 aromatic heterocycles. The van der Waals surface area contributed by atoms with Gasteiger partial charge in [-0.3, -0.25) is 4.57 Å². The first kappa shape index (κ1) is 25.3. The van der Waals surface area contributed by atoms with Crippen molar-refractivity contribution >= 4 is 55.6 Å². The molecule has 44 heavy (non-hydrogen) atoms. The number of rotatable bonds is 3. The number of hydrogen-bond acceptors (Lipinski definition) is 2. The maximum absolute atomic E-state index is 15.8. The minimum atomic E-state index is -3.24. The molecule has 1 aliphatic heterocycles. The van der Waals surface area contributed by atoms with Crippen LogP contribution in [0.1, 0.15) is 5.82 Å². The van der Waals surface area contributed by atoms with Gasteiger partial charge in [0.05, 0.1) is 16.7 Å².